The van der Waals surface area contributed by atoms with Gasteiger partial charge in [0.25, 0.3) is 5.56 Å². The normalized spacial score (nSPS) is 24.5. The highest BCUT2D eigenvalue weighted by Gasteiger charge is 2.27. The van der Waals surface area contributed by atoms with Crippen LogP contribution in [0.3, 0.4) is 0 Å². The summed E-state index contributed by atoms with van der Waals surface area (Å²) in [5, 5.41) is 4.42. The Morgan fingerprint density at radius 2 is 2.00 bits per heavy atom. The highest BCUT2D eigenvalue weighted by atomic mass is 32.2. The third-order valence-corrected chi connectivity index (χ3v) is 6.63. The van der Waals surface area contributed by atoms with Crippen LogP contribution in [-0.4, -0.2) is 45.0 Å². The van der Waals surface area contributed by atoms with Crippen molar-refractivity contribution in [1.82, 2.24) is 23.6 Å². The molecule has 8 heteroatoms. The van der Waals surface area contributed by atoms with E-state index in [-0.39, 0.29) is 11.6 Å². The van der Waals surface area contributed by atoms with Crippen molar-refractivity contribution in [3.05, 3.63) is 28.7 Å². The summed E-state index contributed by atoms with van der Waals surface area (Å²) in [5.74, 6) is 1.14. The lowest BCUT2D eigenvalue weighted by molar-refractivity contribution is 0.356. The van der Waals surface area contributed by atoms with E-state index in [1.54, 1.807) is 18.2 Å². The Bertz CT molecular complexity index is 848. The molecule has 146 valence electrons. The fourth-order valence-corrected chi connectivity index (χ4v) is 4.99. The van der Waals surface area contributed by atoms with Gasteiger partial charge in [-0.15, -0.1) is 0 Å². The van der Waals surface area contributed by atoms with Gasteiger partial charge < -0.3 is 5.32 Å². The van der Waals surface area contributed by atoms with E-state index in [4.69, 9.17) is 4.98 Å². The van der Waals surface area contributed by atoms with Crippen LogP contribution in [0.2, 0.25) is 0 Å². The maximum absolute atomic E-state index is 12.6. The average Bonchev–Trinajstić information content (AvgIpc) is 3.09. The molecule has 4 rings (SSSR count). The van der Waals surface area contributed by atoms with Gasteiger partial charge in [0.15, 0.2) is 0 Å². The van der Waals surface area contributed by atoms with E-state index in [1.807, 2.05) is 23.9 Å². The van der Waals surface area contributed by atoms with Crippen LogP contribution in [0.15, 0.2) is 23.1 Å². The maximum Gasteiger partial charge on any atom is 0.252 e. The van der Waals surface area contributed by atoms with Gasteiger partial charge in [0, 0.05) is 55.0 Å². The molecular weight excluding hydrogens is 360 g/mol. The van der Waals surface area contributed by atoms with E-state index >= 15 is 0 Å². The molecule has 2 atom stereocenters. The van der Waals surface area contributed by atoms with E-state index in [0.29, 0.717) is 17.9 Å². The monoisotopic (exact) mass is 388 g/mol. The van der Waals surface area contributed by atoms with Crippen molar-refractivity contribution in [3.8, 4) is 0 Å². The number of piperidine rings is 1. The number of anilines is 1. The lowest BCUT2D eigenvalue weighted by Gasteiger charge is -2.30. The second-order valence-corrected chi connectivity index (χ2v) is 8.74. The number of aromatic nitrogens is 3. The van der Waals surface area contributed by atoms with Crippen molar-refractivity contribution in [1.29, 1.82) is 0 Å². The maximum atomic E-state index is 12.6. The van der Waals surface area contributed by atoms with Crippen molar-refractivity contribution >= 4 is 29.1 Å². The smallest absolute Gasteiger partial charge is 0.252 e. The zero-order chi connectivity index (χ0) is 18.8. The first kappa shape index (κ1) is 18.7. The van der Waals surface area contributed by atoms with Crippen LogP contribution < -0.4 is 15.6 Å². The topological polar surface area (TPSA) is 75.1 Å². The third-order valence-electron chi connectivity index (χ3n) is 5.82. The quantitative estimate of drug-likeness (QED) is 0.763. The Morgan fingerprint density at radius 3 is 2.70 bits per heavy atom. The van der Waals surface area contributed by atoms with Crippen LogP contribution in [0.1, 0.15) is 45.1 Å². The Morgan fingerprint density at radius 1 is 1.19 bits per heavy atom. The second kappa shape index (κ2) is 8.16. The van der Waals surface area contributed by atoms with Crippen LogP contribution in [0, 0.1) is 5.92 Å². The highest BCUT2D eigenvalue weighted by molar-refractivity contribution is 7.95. The van der Waals surface area contributed by atoms with Crippen LogP contribution in [0.25, 0.3) is 11.0 Å². The minimum Gasteiger partial charge on any atom is -0.351 e. The van der Waals surface area contributed by atoms with E-state index in [0.717, 1.165) is 43.4 Å². The summed E-state index contributed by atoms with van der Waals surface area (Å²) in [4.78, 5) is 21.9. The molecule has 1 aliphatic carbocycles. The Hall–Kier alpha value is -1.64. The van der Waals surface area contributed by atoms with Gasteiger partial charge in [0.05, 0.1) is 0 Å². The number of pyridine rings is 1. The fourth-order valence-electron chi connectivity index (χ4n) is 4.34. The largest absolute Gasteiger partial charge is 0.351 e. The molecule has 0 amide bonds. The molecule has 1 saturated heterocycles. The molecule has 3 heterocycles. The second-order valence-electron chi connectivity index (χ2n) is 7.63. The Kier molecular flexibility index (Phi) is 5.66. The molecule has 0 spiro atoms. The van der Waals surface area contributed by atoms with Crippen LogP contribution in [0.5, 0.6) is 0 Å². The van der Waals surface area contributed by atoms with Gasteiger partial charge in [-0.05, 0) is 44.7 Å². The number of nitrogens with zero attached hydrogens (tertiary/aromatic N) is 4. The summed E-state index contributed by atoms with van der Waals surface area (Å²) in [7, 11) is 1.95. The van der Waals surface area contributed by atoms with Crippen molar-refractivity contribution in [2.75, 3.05) is 25.5 Å². The number of hydrogen-bond donors (Lipinski definition) is 2. The van der Waals surface area contributed by atoms with Crippen molar-refractivity contribution < 1.29 is 0 Å². The molecule has 2 aliphatic rings. The van der Waals surface area contributed by atoms with Crippen LogP contribution in [0.4, 0.5) is 5.95 Å². The minimum atomic E-state index is 0.0447. The molecular formula is C19H28N6OS. The third kappa shape index (κ3) is 3.97. The zero-order valence-electron chi connectivity index (χ0n) is 16.0. The highest BCUT2D eigenvalue weighted by Crippen LogP contribution is 2.35. The van der Waals surface area contributed by atoms with Crippen molar-refractivity contribution in [2.24, 2.45) is 5.92 Å². The van der Waals surface area contributed by atoms with E-state index in [9.17, 15) is 4.79 Å². The standard InChI is InChI=1S/C19H28N6OS/c1-13-4-3-5-16(13)25-17(26)7-6-14-12-21-19(23-18(14)25)22-15-8-10-24(11-9-15)27-20-2/h6-7,12-13,15-16,20H,3-5,8-11H2,1-2H3,(H,21,22,23)/t13-,16?/m0/s1. The molecule has 2 aromatic heterocycles. The van der Waals surface area contributed by atoms with Gasteiger partial charge in [0.1, 0.15) is 5.65 Å². The Labute approximate surface area is 164 Å². The molecule has 7 nitrogen and oxygen atoms in total. The van der Waals surface area contributed by atoms with Gasteiger partial charge >= 0.3 is 0 Å². The summed E-state index contributed by atoms with van der Waals surface area (Å²) < 4.78 is 7.37. The summed E-state index contributed by atoms with van der Waals surface area (Å²) in [6.45, 7) is 4.29. The average molecular weight is 389 g/mol. The van der Waals surface area contributed by atoms with E-state index in [2.05, 4.69) is 26.3 Å². The number of rotatable bonds is 5. The summed E-state index contributed by atoms with van der Waals surface area (Å²) in [6.07, 6.45) is 7.34. The van der Waals surface area contributed by atoms with Crippen molar-refractivity contribution in [3.63, 3.8) is 0 Å². The first-order valence-electron chi connectivity index (χ1n) is 9.89. The first-order valence-corrected chi connectivity index (χ1v) is 10.7. The molecule has 2 fully saturated rings. The van der Waals surface area contributed by atoms with Gasteiger partial charge in [0.2, 0.25) is 5.95 Å². The summed E-state index contributed by atoms with van der Waals surface area (Å²) in [6, 6.07) is 4.10. The predicted octanol–water partition coefficient (Wildman–Crippen LogP) is 2.81. The molecule has 1 aliphatic heterocycles. The van der Waals surface area contributed by atoms with Gasteiger partial charge in [-0.25, -0.2) is 9.29 Å². The molecule has 0 radical (unpaired) electrons. The summed E-state index contributed by atoms with van der Waals surface area (Å²) in [5.41, 5.74) is 0.810. The predicted molar refractivity (Wildman–Crippen MR) is 111 cm³/mol. The lowest BCUT2D eigenvalue weighted by atomic mass is 10.1. The van der Waals surface area contributed by atoms with Crippen LogP contribution in [-0.2, 0) is 0 Å². The minimum absolute atomic E-state index is 0.0447. The van der Waals surface area contributed by atoms with Gasteiger partial charge in [-0.3, -0.25) is 14.1 Å². The zero-order valence-corrected chi connectivity index (χ0v) is 16.8. The van der Waals surface area contributed by atoms with Crippen molar-refractivity contribution in [2.45, 2.75) is 51.1 Å². The molecule has 1 unspecified atom stereocenters. The number of fused-ring (bicyclic) bond motifs is 1. The fraction of sp³-hybridized carbons (Fsp3) is 0.632. The first-order chi connectivity index (χ1) is 13.2. The lowest BCUT2D eigenvalue weighted by Crippen LogP contribution is -2.37. The molecule has 1 saturated carbocycles. The number of hydrogen-bond acceptors (Lipinski definition) is 7. The molecule has 0 bridgehead atoms. The SMILES string of the molecule is CNSN1CCC(Nc2ncc3ccc(=O)n(C4CCC[C@@H]4C)c3n2)CC1. The molecule has 27 heavy (non-hydrogen) atoms. The van der Waals surface area contributed by atoms with E-state index in [1.165, 1.54) is 12.8 Å². The van der Waals surface area contributed by atoms with Gasteiger partial charge in [-0.1, -0.05) is 13.3 Å². The van der Waals surface area contributed by atoms with Gasteiger partial charge in [-0.2, -0.15) is 4.98 Å². The van der Waals surface area contributed by atoms with Crippen LogP contribution >= 0.6 is 12.1 Å². The van der Waals surface area contributed by atoms with E-state index < -0.39 is 0 Å². The summed E-state index contributed by atoms with van der Waals surface area (Å²) >= 11 is 1.67. The molecule has 0 aromatic carbocycles. The molecule has 2 N–H and O–H groups in total. The molecule has 2 aromatic rings. The Balaban J connectivity index is 1.57. The number of nitrogens with one attached hydrogen (secondary N) is 2.